The average Bonchev–Trinajstić information content (AvgIpc) is 2.59. The van der Waals surface area contributed by atoms with Crippen LogP contribution in [0.15, 0.2) is 29.3 Å². The average molecular weight is 391 g/mol. The summed E-state index contributed by atoms with van der Waals surface area (Å²) >= 11 is 5.84. The van der Waals surface area contributed by atoms with E-state index < -0.39 is 10.0 Å². The van der Waals surface area contributed by atoms with E-state index in [1.165, 1.54) is 0 Å². The van der Waals surface area contributed by atoms with Gasteiger partial charge in [-0.25, -0.2) is 13.1 Å². The number of benzene rings is 1. The van der Waals surface area contributed by atoms with Crippen LogP contribution in [0.1, 0.15) is 20.3 Å². The lowest BCUT2D eigenvalue weighted by atomic mass is 10.3. The molecule has 1 aromatic carbocycles. The third kappa shape index (κ3) is 9.52. The lowest BCUT2D eigenvalue weighted by molar-refractivity contribution is 0.224. The van der Waals surface area contributed by atoms with E-state index in [-0.39, 0.29) is 11.9 Å². The number of rotatable bonds is 10. The van der Waals surface area contributed by atoms with Crippen LogP contribution >= 0.6 is 11.6 Å². The van der Waals surface area contributed by atoms with Gasteiger partial charge in [0.05, 0.1) is 12.3 Å². The van der Waals surface area contributed by atoms with Gasteiger partial charge in [-0.1, -0.05) is 11.6 Å². The van der Waals surface area contributed by atoms with Crippen LogP contribution in [-0.4, -0.2) is 52.9 Å². The van der Waals surface area contributed by atoms with Crippen LogP contribution < -0.4 is 20.1 Å². The van der Waals surface area contributed by atoms with Crippen LogP contribution in [0, 0.1) is 0 Å². The van der Waals surface area contributed by atoms with Crippen LogP contribution in [0.2, 0.25) is 5.02 Å². The second kappa shape index (κ2) is 11.2. The van der Waals surface area contributed by atoms with Gasteiger partial charge >= 0.3 is 0 Å². The second-order valence-electron chi connectivity index (χ2n) is 5.41. The molecule has 25 heavy (non-hydrogen) atoms. The fourth-order valence-electron chi connectivity index (χ4n) is 1.87. The molecule has 7 nitrogen and oxygen atoms in total. The third-order valence-corrected chi connectivity index (χ3v) is 4.94. The Morgan fingerprint density at radius 3 is 2.52 bits per heavy atom. The first-order valence-corrected chi connectivity index (χ1v) is 10.2. The van der Waals surface area contributed by atoms with Crippen LogP contribution in [-0.2, 0) is 10.0 Å². The fraction of sp³-hybridized carbons (Fsp3) is 0.562. The summed E-state index contributed by atoms with van der Waals surface area (Å²) in [7, 11) is -1.45. The summed E-state index contributed by atoms with van der Waals surface area (Å²) in [6, 6.07) is 7.21. The first-order valence-electron chi connectivity index (χ1n) is 8.20. The number of hydrogen-bond donors (Lipinski definition) is 3. The summed E-state index contributed by atoms with van der Waals surface area (Å²) in [6.45, 7) is 5.15. The zero-order valence-corrected chi connectivity index (χ0v) is 16.5. The highest BCUT2D eigenvalue weighted by molar-refractivity contribution is 7.89. The van der Waals surface area contributed by atoms with Crippen LogP contribution in [0.3, 0.4) is 0 Å². The molecule has 0 heterocycles. The van der Waals surface area contributed by atoms with Crippen molar-refractivity contribution >= 4 is 27.6 Å². The van der Waals surface area contributed by atoms with Gasteiger partial charge in [0, 0.05) is 25.2 Å². The van der Waals surface area contributed by atoms with Crippen molar-refractivity contribution in [2.45, 2.75) is 26.4 Å². The molecule has 142 valence electrons. The van der Waals surface area contributed by atoms with Crippen molar-refractivity contribution in [3.05, 3.63) is 29.3 Å². The Labute approximate surface area is 155 Å². The number of halogens is 1. The predicted molar refractivity (Wildman–Crippen MR) is 103 cm³/mol. The maximum Gasteiger partial charge on any atom is 0.211 e. The van der Waals surface area contributed by atoms with Crippen molar-refractivity contribution in [2.75, 3.05) is 32.4 Å². The maximum atomic E-state index is 11.3. The molecule has 0 bridgehead atoms. The molecule has 0 saturated heterocycles. The summed E-state index contributed by atoms with van der Waals surface area (Å²) in [5.41, 5.74) is 0. The minimum absolute atomic E-state index is 0.0592. The molecule has 1 atom stereocenters. The first kappa shape index (κ1) is 21.5. The molecule has 1 unspecified atom stereocenters. The molecule has 0 aliphatic rings. The number of guanidine groups is 1. The molecule has 1 aromatic rings. The van der Waals surface area contributed by atoms with E-state index in [2.05, 4.69) is 20.3 Å². The van der Waals surface area contributed by atoms with Gasteiger partial charge < -0.3 is 15.4 Å². The molecule has 0 aliphatic carbocycles. The first-order chi connectivity index (χ1) is 11.9. The fourth-order valence-corrected chi connectivity index (χ4v) is 2.66. The van der Waals surface area contributed by atoms with Gasteiger partial charge in [-0.05, 0) is 44.5 Å². The van der Waals surface area contributed by atoms with Crippen molar-refractivity contribution in [1.82, 2.24) is 15.4 Å². The van der Waals surface area contributed by atoms with Gasteiger partial charge in [-0.2, -0.15) is 0 Å². The minimum Gasteiger partial charge on any atom is -0.489 e. The normalized spacial score (nSPS) is 13.4. The van der Waals surface area contributed by atoms with E-state index in [0.29, 0.717) is 37.0 Å². The Bertz CT molecular complexity index is 635. The maximum absolute atomic E-state index is 11.3. The Kier molecular flexibility index (Phi) is 9.62. The number of nitrogens with zero attached hydrogens (tertiary/aromatic N) is 1. The van der Waals surface area contributed by atoms with Crippen LogP contribution in [0.5, 0.6) is 5.75 Å². The molecular formula is C16H27ClN4O3S. The van der Waals surface area contributed by atoms with Crippen molar-refractivity contribution in [2.24, 2.45) is 4.99 Å². The monoisotopic (exact) mass is 390 g/mol. The molecule has 1 rings (SSSR count). The summed E-state index contributed by atoms with van der Waals surface area (Å²) in [5.74, 6) is 1.49. The summed E-state index contributed by atoms with van der Waals surface area (Å²) in [4.78, 5) is 4.12. The molecule has 0 saturated carbocycles. The number of hydrogen-bond acceptors (Lipinski definition) is 4. The highest BCUT2D eigenvalue weighted by atomic mass is 35.5. The summed E-state index contributed by atoms with van der Waals surface area (Å²) in [5, 5.41) is 6.97. The van der Waals surface area contributed by atoms with E-state index >= 15 is 0 Å². The van der Waals surface area contributed by atoms with E-state index in [9.17, 15) is 8.42 Å². The number of sulfonamides is 1. The largest absolute Gasteiger partial charge is 0.489 e. The van der Waals surface area contributed by atoms with E-state index in [0.717, 1.165) is 5.75 Å². The second-order valence-corrected chi connectivity index (χ2v) is 7.95. The van der Waals surface area contributed by atoms with E-state index in [4.69, 9.17) is 16.3 Å². The Hall–Kier alpha value is -1.51. The van der Waals surface area contributed by atoms with E-state index in [1.807, 2.05) is 19.1 Å². The molecule has 9 heteroatoms. The summed E-state index contributed by atoms with van der Waals surface area (Å²) in [6.07, 6.45) is 0.604. The van der Waals surface area contributed by atoms with Gasteiger partial charge in [0.1, 0.15) is 11.9 Å². The zero-order chi connectivity index (χ0) is 18.7. The standard InChI is InChI=1S/C16H27ClN4O3S/c1-4-25(22,23)21-11-5-10-19-16(18-3)20-12-13(2)24-15-8-6-14(17)7-9-15/h6-9,13,21H,4-5,10-12H2,1-3H3,(H2,18,19,20). The Balaban J connectivity index is 2.24. The van der Waals surface area contributed by atoms with Crippen molar-refractivity contribution in [1.29, 1.82) is 0 Å². The quantitative estimate of drug-likeness (QED) is 0.320. The van der Waals surface area contributed by atoms with Gasteiger partial charge in [0.15, 0.2) is 5.96 Å². The van der Waals surface area contributed by atoms with Gasteiger partial charge in [-0.15, -0.1) is 0 Å². The van der Waals surface area contributed by atoms with Crippen LogP contribution in [0.4, 0.5) is 0 Å². The highest BCUT2D eigenvalue weighted by Crippen LogP contribution is 2.16. The van der Waals surface area contributed by atoms with Gasteiger partial charge in [0.2, 0.25) is 10.0 Å². The lowest BCUT2D eigenvalue weighted by Crippen LogP contribution is -2.42. The molecule has 0 radical (unpaired) electrons. The Morgan fingerprint density at radius 1 is 1.24 bits per heavy atom. The molecule has 0 aliphatic heterocycles. The molecule has 0 amide bonds. The molecule has 0 spiro atoms. The Morgan fingerprint density at radius 2 is 1.92 bits per heavy atom. The van der Waals surface area contributed by atoms with Crippen molar-refractivity contribution in [3.8, 4) is 5.75 Å². The highest BCUT2D eigenvalue weighted by Gasteiger charge is 2.07. The van der Waals surface area contributed by atoms with Gasteiger partial charge in [-0.3, -0.25) is 4.99 Å². The van der Waals surface area contributed by atoms with Crippen LogP contribution in [0.25, 0.3) is 0 Å². The number of nitrogens with one attached hydrogen (secondary N) is 3. The minimum atomic E-state index is -3.13. The topological polar surface area (TPSA) is 91.8 Å². The predicted octanol–water partition coefficient (Wildman–Crippen LogP) is 1.60. The summed E-state index contributed by atoms with van der Waals surface area (Å²) < 4.78 is 30.9. The molecular weight excluding hydrogens is 364 g/mol. The van der Waals surface area contributed by atoms with Crippen molar-refractivity contribution < 1.29 is 13.2 Å². The lowest BCUT2D eigenvalue weighted by Gasteiger charge is -2.17. The molecule has 0 aromatic heterocycles. The number of ether oxygens (including phenoxy) is 1. The van der Waals surface area contributed by atoms with E-state index in [1.54, 1.807) is 26.1 Å². The zero-order valence-electron chi connectivity index (χ0n) is 14.9. The van der Waals surface area contributed by atoms with Gasteiger partial charge in [0.25, 0.3) is 0 Å². The molecule has 3 N–H and O–H groups in total. The molecule has 0 fully saturated rings. The van der Waals surface area contributed by atoms with Crippen molar-refractivity contribution in [3.63, 3.8) is 0 Å². The number of aliphatic imine (C=N–C) groups is 1. The smallest absolute Gasteiger partial charge is 0.211 e. The third-order valence-electron chi connectivity index (χ3n) is 3.28. The SMILES string of the molecule is CCS(=O)(=O)NCCCNC(=NC)NCC(C)Oc1ccc(Cl)cc1.